The monoisotopic (exact) mass is 1210 g/mol. The molecule has 32 nitrogen and oxygen atoms in total. The van der Waals surface area contributed by atoms with E-state index in [0.29, 0.717) is 5.56 Å². The zero-order chi connectivity index (χ0) is 62.5. The highest BCUT2D eigenvalue weighted by molar-refractivity contribution is 7.98. The number of nitrogens with zero attached hydrogens (tertiary/aromatic N) is 1. The summed E-state index contributed by atoms with van der Waals surface area (Å²) in [7, 11) is 0. The highest BCUT2D eigenvalue weighted by Gasteiger charge is 2.38. The van der Waals surface area contributed by atoms with Crippen molar-refractivity contribution in [2.45, 2.75) is 145 Å². The van der Waals surface area contributed by atoms with Crippen LogP contribution in [-0.2, 0) is 70.4 Å². The largest absolute Gasteiger partial charge is 0.481 e. The van der Waals surface area contributed by atoms with Gasteiger partial charge in [-0.3, -0.25) is 58.1 Å². The van der Waals surface area contributed by atoms with E-state index in [1.165, 1.54) is 31.2 Å². The van der Waals surface area contributed by atoms with Gasteiger partial charge in [-0.05, 0) is 64.0 Å². The van der Waals surface area contributed by atoms with Crippen LogP contribution in [0.15, 0.2) is 42.9 Å². The maximum Gasteiger partial charge on any atom is 0.326 e. The van der Waals surface area contributed by atoms with Crippen LogP contribution in [0.2, 0.25) is 0 Å². The lowest BCUT2D eigenvalue weighted by Gasteiger charge is -2.29. The number of nitrogens with one attached hydrogen (secondary N) is 12. The molecule has 1 aromatic carbocycles. The number of rotatable bonds is 38. The highest BCUT2D eigenvalue weighted by Crippen LogP contribution is 2.10. The molecule has 0 radical (unpaired) electrons. The van der Waals surface area contributed by atoms with Gasteiger partial charge in [-0.2, -0.15) is 24.4 Å². The summed E-state index contributed by atoms with van der Waals surface area (Å²) in [5, 5.41) is 71.7. The van der Waals surface area contributed by atoms with Crippen LogP contribution in [-0.4, -0.2) is 204 Å². The number of amides is 10. The lowest BCUT2D eigenvalue weighted by atomic mass is 10.0. The molecule has 83 heavy (non-hydrogen) atoms. The van der Waals surface area contributed by atoms with Crippen molar-refractivity contribution in [1.82, 2.24) is 63.1 Å². The number of aromatic amines is 1. The van der Waals surface area contributed by atoms with Crippen LogP contribution in [0.1, 0.15) is 70.6 Å². The van der Waals surface area contributed by atoms with Crippen LogP contribution in [0.5, 0.6) is 0 Å². The van der Waals surface area contributed by atoms with Crippen molar-refractivity contribution in [3.05, 3.63) is 54.1 Å². The smallest absolute Gasteiger partial charge is 0.326 e. The van der Waals surface area contributed by atoms with Gasteiger partial charge < -0.3 is 95.8 Å². The minimum atomic E-state index is -2.08. The standard InChI is InChI=1S/C49H76N16O16S2/c1-23(39(71)60-31(48(80)81)11-8-15-55-49(52)53)57-41(73)30(14-16-83-4)59-42(74)29(12-13-35(51)68)58-43(75)33(18-27-20-54-22-56-27)62-44(76)34(19-36(69)70)63-46(78)37(24(2)66)65-47(79)38(25(3)67)64-45(77)32(61-40(72)28(50)21-82)17-26-9-6-5-7-10-26/h5-7,9-10,20,22-25,28-34,37-38,66-67,82H,8,11-19,21,50H2,1-4H3,(H2,51,68)(H,54,56)(H,57,73)(H,58,75)(H,59,74)(H,60,71)(H,61,72)(H,62,76)(H,63,78)(H,64,77)(H,65,79)(H,69,70)(H,80,81)(H4,52,53,55)/t23-,24+,25+,28-,29-,30-,31-,32-,33-,34-,37-,38-/m0/s1. The Bertz CT molecular complexity index is 2550. The second-order valence-corrected chi connectivity index (χ2v) is 20.4. The molecule has 0 fully saturated rings. The van der Waals surface area contributed by atoms with Gasteiger partial charge >= 0.3 is 11.9 Å². The average molecular weight is 1210 g/mol. The van der Waals surface area contributed by atoms with Gasteiger partial charge in [-0.15, -0.1) is 0 Å². The van der Waals surface area contributed by atoms with Gasteiger partial charge in [0.1, 0.15) is 54.4 Å². The minimum absolute atomic E-state index is 0.0556. The van der Waals surface area contributed by atoms with E-state index in [1.807, 2.05) is 0 Å². The van der Waals surface area contributed by atoms with Gasteiger partial charge in [-0.1, -0.05) is 30.3 Å². The Labute approximate surface area is 486 Å². The Balaban J connectivity index is 2.39. The predicted octanol–water partition coefficient (Wildman–Crippen LogP) is -6.56. The van der Waals surface area contributed by atoms with Crippen molar-refractivity contribution >= 4 is 101 Å². The average Bonchev–Trinajstić information content (AvgIpc) is 3.99. The van der Waals surface area contributed by atoms with E-state index in [0.717, 1.165) is 13.8 Å². The van der Waals surface area contributed by atoms with E-state index >= 15 is 0 Å². The first-order chi connectivity index (χ1) is 39.1. The molecule has 0 unspecified atom stereocenters. The van der Waals surface area contributed by atoms with Crippen LogP contribution in [0.25, 0.3) is 0 Å². The minimum Gasteiger partial charge on any atom is -0.481 e. The molecule has 10 amide bonds. The summed E-state index contributed by atoms with van der Waals surface area (Å²) in [5.74, 6) is -13.9. The van der Waals surface area contributed by atoms with E-state index < -0.39 is 169 Å². The van der Waals surface area contributed by atoms with E-state index in [1.54, 1.807) is 36.6 Å². The molecule has 12 atom stereocenters. The number of imidazole rings is 1. The molecule has 0 bridgehead atoms. The number of guanidine groups is 1. The number of carbonyl (C=O) groups excluding carboxylic acids is 10. The lowest BCUT2D eigenvalue weighted by Crippen LogP contribution is -2.63. The second-order valence-electron chi connectivity index (χ2n) is 19.0. The fourth-order valence-electron chi connectivity index (χ4n) is 7.53. The number of carboxylic acids is 2. The number of primary amides is 1. The Morgan fingerprint density at radius 2 is 1.13 bits per heavy atom. The Morgan fingerprint density at radius 1 is 0.639 bits per heavy atom. The first-order valence-electron chi connectivity index (χ1n) is 25.9. The van der Waals surface area contributed by atoms with Crippen molar-refractivity contribution < 1.29 is 78.0 Å². The van der Waals surface area contributed by atoms with E-state index in [-0.39, 0.29) is 55.4 Å². The number of thiol groups is 1. The molecule has 34 heteroatoms. The summed E-state index contributed by atoms with van der Waals surface area (Å²) in [6.07, 6.45) is -1.94. The van der Waals surface area contributed by atoms with E-state index in [9.17, 15) is 78.0 Å². The number of aliphatic hydroxyl groups excluding tert-OH is 2. The highest BCUT2D eigenvalue weighted by atomic mass is 32.2. The van der Waals surface area contributed by atoms with E-state index in [2.05, 4.69) is 75.8 Å². The number of aliphatic carboxylic acids is 2. The maximum atomic E-state index is 14.2. The van der Waals surface area contributed by atoms with Crippen molar-refractivity contribution in [3.8, 4) is 0 Å². The third-order valence-electron chi connectivity index (χ3n) is 12.1. The van der Waals surface area contributed by atoms with Gasteiger partial charge in [0, 0.05) is 37.8 Å². The molecule has 0 saturated heterocycles. The number of thioether (sulfide) groups is 1. The molecule has 460 valence electrons. The molecule has 0 saturated carbocycles. The number of H-pyrrole nitrogens is 1. The number of hydrogen-bond acceptors (Lipinski definition) is 19. The zero-order valence-corrected chi connectivity index (χ0v) is 47.7. The van der Waals surface area contributed by atoms with Crippen LogP contribution in [0.4, 0.5) is 0 Å². The number of nitrogens with two attached hydrogens (primary N) is 3. The SMILES string of the molecule is CSCC[C@H](NC(=O)[C@H](CCC(N)=O)NC(=O)[C@H](Cc1c[nH]cn1)NC(=O)[C@H](CC(=O)O)NC(=O)[C@@H](NC(=O)[C@@H](NC(=O)[C@H](Cc1ccccc1)NC(=O)[C@@H](N)CS)[C@@H](C)O)[C@@H](C)O)C(=O)N[C@@H](C)C(=O)N[C@@H](CCCNC(=N)N)C(=O)O. The van der Waals surface area contributed by atoms with Gasteiger partial charge in [-0.25, -0.2) is 9.78 Å². The van der Waals surface area contributed by atoms with Crippen LogP contribution in [0.3, 0.4) is 0 Å². The third kappa shape index (κ3) is 26.1. The van der Waals surface area contributed by atoms with Gasteiger partial charge in [0.15, 0.2) is 5.96 Å². The molecule has 1 aromatic heterocycles. The Kier molecular flexibility index (Phi) is 31.1. The number of aliphatic hydroxyl groups is 2. The molecule has 0 aliphatic heterocycles. The third-order valence-corrected chi connectivity index (χ3v) is 13.1. The van der Waals surface area contributed by atoms with Crippen molar-refractivity contribution in [3.63, 3.8) is 0 Å². The maximum absolute atomic E-state index is 14.2. The summed E-state index contributed by atoms with van der Waals surface area (Å²) in [4.78, 5) is 166. The van der Waals surface area contributed by atoms with Crippen molar-refractivity contribution in [2.75, 3.05) is 24.3 Å². The summed E-state index contributed by atoms with van der Waals surface area (Å²) in [5.41, 5.74) is 17.1. The second kappa shape index (κ2) is 36.4. The zero-order valence-electron chi connectivity index (χ0n) is 46.0. The van der Waals surface area contributed by atoms with Crippen LogP contribution >= 0.6 is 24.4 Å². The Hall–Kier alpha value is -8.08. The van der Waals surface area contributed by atoms with Crippen LogP contribution in [0, 0.1) is 5.41 Å². The topological polar surface area (TPSA) is 537 Å². The molecule has 0 aliphatic carbocycles. The normalized spacial score (nSPS) is 15.3. The number of aromatic nitrogens is 2. The molecule has 1 heterocycles. The van der Waals surface area contributed by atoms with Crippen LogP contribution < -0.4 is 70.4 Å². The molecule has 0 spiro atoms. The molecular formula is C49H76N16O16S2. The predicted molar refractivity (Wildman–Crippen MR) is 301 cm³/mol. The number of benzene rings is 1. The van der Waals surface area contributed by atoms with Gasteiger partial charge in [0.2, 0.25) is 59.1 Å². The van der Waals surface area contributed by atoms with Gasteiger partial charge in [0.25, 0.3) is 0 Å². The van der Waals surface area contributed by atoms with E-state index in [4.69, 9.17) is 22.6 Å². The lowest BCUT2D eigenvalue weighted by molar-refractivity contribution is -0.142. The van der Waals surface area contributed by atoms with Gasteiger partial charge in [0.05, 0.1) is 36.7 Å². The number of hydrogen-bond donors (Lipinski definition) is 20. The summed E-state index contributed by atoms with van der Waals surface area (Å²) in [6.45, 7) is 3.54. The summed E-state index contributed by atoms with van der Waals surface area (Å²) >= 11 is 5.29. The molecule has 0 aliphatic rings. The first kappa shape index (κ1) is 71.0. The molecule has 2 aromatic rings. The molecular weight excluding hydrogens is 1130 g/mol. The fourth-order valence-corrected chi connectivity index (χ4v) is 8.17. The Morgan fingerprint density at radius 3 is 1.66 bits per heavy atom. The molecule has 2 rings (SSSR count). The summed E-state index contributed by atoms with van der Waals surface area (Å²) in [6, 6.07) is -7.68. The first-order valence-corrected chi connectivity index (χ1v) is 27.9. The quantitative estimate of drug-likeness (QED) is 0.0129. The summed E-state index contributed by atoms with van der Waals surface area (Å²) < 4.78 is 0. The molecule has 22 N–H and O–H groups in total. The number of carboxylic acid groups (broad SMARTS) is 2. The fraction of sp³-hybridized carbons (Fsp3) is 0.551. The number of carbonyl (C=O) groups is 12. The van der Waals surface area contributed by atoms with Crippen molar-refractivity contribution in [2.24, 2.45) is 17.2 Å². The van der Waals surface area contributed by atoms with Crippen molar-refractivity contribution in [1.29, 1.82) is 5.41 Å².